The molecule has 0 radical (unpaired) electrons. The summed E-state index contributed by atoms with van der Waals surface area (Å²) in [5.41, 5.74) is 0.520. The molecule has 2 rings (SSSR count). The molecule has 21 heavy (non-hydrogen) atoms. The molecule has 2 aromatic rings. The molecule has 0 aliphatic carbocycles. The van der Waals surface area contributed by atoms with E-state index in [9.17, 15) is 19.3 Å². The maximum Gasteiger partial charge on any atom is 0.305 e. The minimum absolute atomic E-state index is 0.0280. The fourth-order valence-corrected chi connectivity index (χ4v) is 1.99. The summed E-state index contributed by atoms with van der Waals surface area (Å²) < 4.78 is 13.2. The summed E-state index contributed by atoms with van der Waals surface area (Å²) in [6, 6.07) is 7.97. The quantitative estimate of drug-likeness (QED) is 0.689. The molecule has 2 aromatic carbocycles. The first kappa shape index (κ1) is 14.9. The Bertz CT molecular complexity index is 734. The molecule has 0 unspecified atom stereocenters. The van der Waals surface area contributed by atoms with Gasteiger partial charge in [0.2, 0.25) is 5.82 Å². The molecule has 0 bridgehead atoms. The summed E-state index contributed by atoms with van der Waals surface area (Å²) in [7, 11) is 0. The Morgan fingerprint density at radius 2 is 2.00 bits per heavy atom. The van der Waals surface area contributed by atoms with Gasteiger partial charge in [0.25, 0.3) is 5.91 Å². The van der Waals surface area contributed by atoms with E-state index in [1.165, 1.54) is 6.07 Å². The SMILES string of the molecule is Cc1ccc(NC(=O)c2ccc(F)c([N+](=O)[O-])c2)c(Cl)c1. The Hall–Kier alpha value is -2.47. The van der Waals surface area contributed by atoms with Gasteiger partial charge in [0.15, 0.2) is 0 Å². The van der Waals surface area contributed by atoms with E-state index in [2.05, 4.69) is 5.32 Å². The highest BCUT2D eigenvalue weighted by molar-refractivity contribution is 6.34. The van der Waals surface area contributed by atoms with Crippen LogP contribution in [0.3, 0.4) is 0 Å². The number of nitrogens with one attached hydrogen (secondary N) is 1. The summed E-state index contributed by atoms with van der Waals surface area (Å²) >= 11 is 5.99. The third-order valence-electron chi connectivity index (χ3n) is 2.78. The van der Waals surface area contributed by atoms with E-state index in [4.69, 9.17) is 11.6 Å². The number of rotatable bonds is 3. The molecule has 0 saturated heterocycles. The lowest BCUT2D eigenvalue weighted by Gasteiger charge is -2.08. The van der Waals surface area contributed by atoms with Crippen LogP contribution in [0.25, 0.3) is 0 Å². The number of carbonyl (C=O) groups excluding carboxylic acids is 1. The maximum absolute atomic E-state index is 13.2. The zero-order chi connectivity index (χ0) is 15.6. The van der Waals surface area contributed by atoms with Crippen molar-refractivity contribution in [3.63, 3.8) is 0 Å². The fraction of sp³-hybridized carbons (Fsp3) is 0.0714. The third-order valence-corrected chi connectivity index (χ3v) is 3.09. The molecule has 0 fully saturated rings. The minimum atomic E-state index is -0.995. The van der Waals surface area contributed by atoms with Crippen LogP contribution in [0.5, 0.6) is 0 Å². The summed E-state index contributed by atoms with van der Waals surface area (Å²) in [5, 5.41) is 13.5. The van der Waals surface area contributed by atoms with E-state index >= 15 is 0 Å². The Kier molecular flexibility index (Phi) is 4.18. The summed E-state index contributed by atoms with van der Waals surface area (Å²) in [6.45, 7) is 1.85. The summed E-state index contributed by atoms with van der Waals surface area (Å²) in [4.78, 5) is 21.8. The summed E-state index contributed by atoms with van der Waals surface area (Å²) in [6.07, 6.45) is 0. The van der Waals surface area contributed by atoms with Crippen LogP contribution >= 0.6 is 11.6 Å². The zero-order valence-corrected chi connectivity index (χ0v) is 11.6. The molecule has 0 aliphatic rings. The van der Waals surface area contributed by atoms with Crippen molar-refractivity contribution < 1.29 is 14.1 Å². The monoisotopic (exact) mass is 308 g/mol. The number of halogens is 2. The number of carbonyl (C=O) groups is 1. The number of aryl methyl sites for hydroxylation is 1. The Morgan fingerprint density at radius 3 is 2.62 bits per heavy atom. The summed E-state index contributed by atoms with van der Waals surface area (Å²) in [5.74, 6) is -1.60. The van der Waals surface area contributed by atoms with E-state index in [0.717, 1.165) is 17.7 Å². The van der Waals surface area contributed by atoms with Gasteiger partial charge in [-0.1, -0.05) is 17.7 Å². The number of hydrogen-bond acceptors (Lipinski definition) is 3. The second-order valence-corrected chi connectivity index (χ2v) is 4.77. The topological polar surface area (TPSA) is 72.2 Å². The van der Waals surface area contributed by atoms with E-state index in [-0.39, 0.29) is 5.56 Å². The number of nitrogens with zero attached hydrogens (tertiary/aromatic N) is 1. The molecule has 108 valence electrons. The number of anilines is 1. The zero-order valence-electron chi connectivity index (χ0n) is 10.9. The highest BCUT2D eigenvalue weighted by Gasteiger charge is 2.18. The van der Waals surface area contributed by atoms with E-state index in [0.29, 0.717) is 10.7 Å². The van der Waals surface area contributed by atoms with Gasteiger partial charge in [-0.25, -0.2) is 0 Å². The predicted octanol–water partition coefficient (Wildman–Crippen LogP) is 3.95. The lowest BCUT2D eigenvalue weighted by Crippen LogP contribution is -2.12. The van der Waals surface area contributed by atoms with Crippen LogP contribution < -0.4 is 5.32 Å². The molecule has 7 heteroatoms. The van der Waals surface area contributed by atoms with Crippen LogP contribution in [0.15, 0.2) is 36.4 Å². The van der Waals surface area contributed by atoms with Gasteiger partial charge in [-0.3, -0.25) is 14.9 Å². The number of nitro benzene ring substituents is 1. The number of nitro groups is 1. The minimum Gasteiger partial charge on any atom is -0.321 e. The highest BCUT2D eigenvalue weighted by atomic mass is 35.5. The van der Waals surface area contributed by atoms with Crippen molar-refractivity contribution in [1.29, 1.82) is 0 Å². The largest absolute Gasteiger partial charge is 0.321 e. The standard InChI is InChI=1S/C14H10ClFN2O3/c1-8-2-5-12(10(15)6-8)17-14(19)9-3-4-11(16)13(7-9)18(20)21/h2-7H,1H3,(H,17,19). The van der Waals surface area contributed by atoms with E-state index < -0.39 is 22.3 Å². The van der Waals surface area contributed by atoms with Crippen LogP contribution in [0.2, 0.25) is 5.02 Å². The van der Waals surface area contributed by atoms with Crippen molar-refractivity contribution in [2.24, 2.45) is 0 Å². The van der Waals surface area contributed by atoms with Gasteiger partial charge in [-0.05, 0) is 36.8 Å². The van der Waals surface area contributed by atoms with Gasteiger partial charge in [0.1, 0.15) is 0 Å². The first-order valence-corrected chi connectivity index (χ1v) is 6.27. The molecule has 0 saturated carbocycles. The number of hydrogen-bond donors (Lipinski definition) is 1. The fourth-order valence-electron chi connectivity index (χ4n) is 1.71. The van der Waals surface area contributed by atoms with Gasteiger partial charge in [0.05, 0.1) is 15.6 Å². The Morgan fingerprint density at radius 1 is 1.29 bits per heavy atom. The van der Waals surface area contributed by atoms with E-state index in [1.807, 2.05) is 6.92 Å². The van der Waals surface area contributed by atoms with Gasteiger partial charge in [-0.2, -0.15) is 4.39 Å². The van der Waals surface area contributed by atoms with Crippen molar-refractivity contribution in [3.8, 4) is 0 Å². The second-order valence-electron chi connectivity index (χ2n) is 4.36. The van der Waals surface area contributed by atoms with Crippen LogP contribution in [0.4, 0.5) is 15.8 Å². The van der Waals surface area contributed by atoms with Crippen LogP contribution in [-0.4, -0.2) is 10.8 Å². The number of amides is 1. The first-order chi connectivity index (χ1) is 9.88. The van der Waals surface area contributed by atoms with Crippen molar-refractivity contribution >= 4 is 28.9 Å². The van der Waals surface area contributed by atoms with Gasteiger partial charge in [-0.15, -0.1) is 0 Å². The third kappa shape index (κ3) is 3.35. The van der Waals surface area contributed by atoms with Gasteiger partial charge in [0, 0.05) is 11.6 Å². The van der Waals surface area contributed by atoms with Crippen molar-refractivity contribution in [2.75, 3.05) is 5.32 Å². The van der Waals surface area contributed by atoms with Crippen LogP contribution in [0, 0.1) is 22.9 Å². The first-order valence-electron chi connectivity index (χ1n) is 5.90. The molecule has 0 aromatic heterocycles. The number of benzene rings is 2. The highest BCUT2D eigenvalue weighted by Crippen LogP contribution is 2.24. The van der Waals surface area contributed by atoms with Gasteiger partial charge >= 0.3 is 5.69 Å². The van der Waals surface area contributed by atoms with Crippen molar-refractivity contribution in [3.05, 3.63) is 68.5 Å². The molecular weight excluding hydrogens is 299 g/mol. The smallest absolute Gasteiger partial charge is 0.305 e. The average Bonchev–Trinajstić information content (AvgIpc) is 2.42. The van der Waals surface area contributed by atoms with Crippen LogP contribution in [0.1, 0.15) is 15.9 Å². The normalized spacial score (nSPS) is 10.2. The lowest BCUT2D eigenvalue weighted by molar-refractivity contribution is -0.387. The average molecular weight is 309 g/mol. The predicted molar refractivity (Wildman–Crippen MR) is 77.2 cm³/mol. The van der Waals surface area contributed by atoms with Crippen molar-refractivity contribution in [2.45, 2.75) is 6.92 Å². The Labute approximate surface area is 124 Å². The molecule has 1 N–H and O–H groups in total. The van der Waals surface area contributed by atoms with Crippen LogP contribution in [-0.2, 0) is 0 Å². The maximum atomic E-state index is 13.2. The molecule has 5 nitrogen and oxygen atoms in total. The lowest BCUT2D eigenvalue weighted by atomic mass is 10.1. The molecule has 1 amide bonds. The Balaban J connectivity index is 2.28. The second kappa shape index (κ2) is 5.88. The molecular formula is C14H10ClFN2O3. The molecule has 0 atom stereocenters. The molecule has 0 aliphatic heterocycles. The molecule has 0 heterocycles. The molecule has 0 spiro atoms. The van der Waals surface area contributed by atoms with Crippen molar-refractivity contribution in [1.82, 2.24) is 0 Å². The van der Waals surface area contributed by atoms with Gasteiger partial charge < -0.3 is 5.32 Å². The van der Waals surface area contributed by atoms with E-state index in [1.54, 1.807) is 18.2 Å².